The molecular formula is C25H34N4O2. The number of nitrogens with zero attached hydrogens (tertiary/aromatic N) is 4. The fourth-order valence-corrected chi connectivity index (χ4v) is 4.63. The first kappa shape index (κ1) is 21.8. The molecule has 0 aliphatic carbocycles. The number of hydrogen-bond acceptors (Lipinski definition) is 5. The van der Waals surface area contributed by atoms with Gasteiger partial charge in [0.25, 0.3) is 0 Å². The van der Waals surface area contributed by atoms with Crippen molar-refractivity contribution >= 4 is 17.4 Å². The van der Waals surface area contributed by atoms with Gasteiger partial charge in [0.2, 0.25) is 5.91 Å². The number of aliphatic hydroxyl groups is 1. The highest BCUT2D eigenvalue weighted by Gasteiger charge is 2.42. The Morgan fingerprint density at radius 3 is 2.61 bits per heavy atom. The number of rotatable bonds is 5. The average Bonchev–Trinajstić information content (AvgIpc) is 3.17. The normalized spacial score (nSPS) is 20.7. The fraction of sp³-hybridized carbons (Fsp3) is 0.560. The van der Waals surface area contributed by atoms with Gasteiger partial charge in [-0.3, -0.25) is 14.7 Å². The van der Waals surface area contributed by atoms with Crippen LogP contribution in [0.3, 0.4) is 0 Å². The Balaban J connectivity index is 1.54. The number of anilines is 2. The van der Waals surface area contributed by atoms with Gasteiger partial charge in [-0.2, -0.15) is 0 Å². The zero-order chi connectivity index (χ0) is 22.2. The molecule has 0 aromatic carbocycles. The molecular weight excluding hydrogens is 388 g/mol. The van der Waals surface area contributed by atoms with E-state index in [1.165, 1.54) is 0 Å². The molecule has 2 fully saturated rings. The van der Waals surface area contributed by atoms with E-state index in [1.807, 2.05) is 35.4 Å². The number of piperidine rings is 1. The van der Waals surface area contributed by atoms with E-state index in [0.29, 0.717) is 18.9 Å². The van der Waals surface area contributed by atoms with E-state index in [0.717, 1.165) is 48.8 Å². The summed E-state index contributed by atoms with van der Waals surface area (Å²) in [5.74, 6) is 1.37. The largest absolute Gasteiger partial charge is 0.393 e. The summed E-state index contributed by atoms with van der Waals surface area (Å²) in [6.07, 6.45) is 3.79. The monoisotopic (exact) mass is 422 g/mol. The van der Waals surface area contributed by atoms with E-state index in [1.54, 1.807) is 0 Å². The van der Waals surface area contributed by atoms with Crippen LogP contribution < -0.4 is 9.80 Å². The number of aromatic nitrogens is 2. The maximum atomic E-state index is 12.9. The van der Waals surface area contributed by atoms with E-state index < -0.39 is 0 Å². The van der Waals surface area contributed by atoms with Gasteiger partial charge in [0.05, 0.1) is 6.10 Å². The van der Waals surface area contributed by atoms with Gasteiger partial charge in [0, 0.05) is 54.7 Å². The minimum atomic E-state index is -0.245. The molecule has 1 N–H and O–H groups in total. The van der Waals surface area contributed by atoms with Crippen LogP contribution in [0.5, 0.6) is 0 Å². The second kappa shape index (κ2) is 8.58. The summed E-state index contributed by atoms with van der Waals surface area (Å²) in [5.41, 5.74) is 2.93. The summed E-state index contributed by atoms with van der Waals surface area (Å²) in [7, 11) is 0. The molecule has 31 heavy (non-hydrogen) atoms. The van der Waals surface area contributed by atoms with Crippen molar-refractivity contribution in [3.63, 3.8) is 0 Å². The maximum Gasteiger partial charge on any atom is 0.228 e. The van der Waals surface area contributed by atoms with Crippen LogP contribution >= 0.6 is 0 Å². The Morgan fingerprint density at radius 1 is 1.16 bits per heavy atom. The molecule has 0 bridgehead atoms. The summed E-state index contributed by atoms with van der Waals surface area (Å²) in [5, 5.41) is 9.81. The van der Waals surface area contributed by atoms with Crippen molar-refractivity contribution in [3.05, 3.63) is 47.9 Å². The third kappa shape index (κ3) is 4.45. The minimum absolute atomic E-state index is 0.132. The lowest BCUT2D eigenvalue weighted by molar-refractivity contribution is -0.117. The number of carbonyl (C=O) groups excluding carboxylic acids is 1. The first-order valence-corrected chi connectivity index (χ1v) is 11.4. The fourth-order valence-electron chi connectivity index (χ4n) is 4.63. The van der Waals surface area contributed by atoms with Gasteiger partial charge in [0.15, 0.2) is 0 Å². The second-order valence-electron chi connectivity index (χ2n) is 9.82. The van der Waals surface area contributed by atoms with Crippen molar-refractivity contribution in [3.8, 4) is 0 Å². The van der Waals surface area contributed by atoms with E-state index in [2.05, 4.69) is 38.7 Å². The van der Waals surface area contributed by atoms with Gasteiger partial charge in [0.1, 0.15) is 5.82 Å². The predicted molar refractivity (Wildman–Crippen MR) is 124 cm³/mol. The molecule has 1 unspecified atom stereocenters. The molecule has 2 saturated heterocycles. The SMILES string of the molecule is CC(C)c1cccc(N2CC(C(C)(C)c3cc(N4CCC(O)CC4)ccn3)CC2=O)n1. The molecule has 0 saturated carbocycles. The lowest BCUT2D eigenvalue weighted by atomic mass is 9.75. The Kier molecular flexibility index (Phi) is 6.02. The van der Waals surface area contributed by atoms with Gasteiger partial charge in [-0.05, 0) is 48.9 Å². The summed E-state index contributed by atoms with van der Waals surface area (Å²) in [6.45, 7) is 11.0. The zero-order valence-corrected chi connectivity index (χ0v) is 19.1. The molecule has 2 aliphatic rings. The van der Waals surface area contributed by atoms with Crippen molar-refractivity contribution in [1.29, 1.82) is 0 Å². The van der Waals surface area contributed by atoms with Gasteiger partial charge >= 0.3 is 0 Å². The van der Waals surface area contributed by atoms with Crippen LogP contribution in [-0.4, -0.2) is 46.7 Å². The van der Waals surface area contributed by atoms with Crippen molar-refractivity contribution in [2.24, 2.45) is 5.92 Å². The molecule has 4 rings (SSSR count). The summed E-state index contributed by atoms with van der Waals surface area (Å²) < 4.78 is 0. The topological polar surface area (TPSA) is 69.6 Å². The number of carbonyl (C=O) groups is 1. The van der Waals surface area contributed by atoms with E-state index >= 15 is 0 Å². The third-order valence-electron chi connectivity index (χ3n) is 7.00. The van der Waals surface area contributed by atoms with E-state index in [4.69, 9.17) is 9.97 Å². The second-order valence-corrected chi connectivity index (χ2v) is 9.82. The molecule has 166 valence electrons. The number of amides is 1. The summed E-state index contributed by atoms with van der Waals surface area (Å²) in [6, 6.07) is 10.2. The maximum absolute atomic E-state index is 12.9. The van der Waals surface area contributed by atoms with Crippen LogP contribution in [0.4, 0.5) is 11.5 Å². The Labute approximate surface area is 185 Å². The first-order valence-electron chi connectivity index (χ1n) is 11.4. The molecule has 0 radical (unpaired) electrons. The van der Waals surface area contributed by atoms with Gasteiger partial charge in [-0.25, -0.2) is 4.98 Å². The molecule has 6 heteroatoms. The van der Waals surface area contributed by atoms with Crippen LogP contribution in [0.2, 0.25) is 0 Å². The summed E-state index contributed by atoms with van der Waals surface area (Å²) >= 11 is 0. The molecule has 1 amide bonds. The Morgan fingerprint density at radius 2 is 1.90 bits per heavy atom. The standard InChI is InChI=1S/C25H34N4O2/c1-17(2)21-6-5-7-23(27-21)29-16-18(14-24(29)31)25(3,4)22-15-19(8-11-26-22)28-12-9-20(30)10-13-28/h5-8,11,15,17-18,20,30H,9-10,12-14,16H2,1-4H3. The van der Waals surface area contributed by atoms with Crippen LogP contribution in [0.25, 0.3) is 0 Å². The molecule has 2 aromatic rings. The highest BCUT2D eigenvalue weighted by atomic mass is 16.3. The summed E-state index contributed by atoms with van der Waals surface area (Å²) in [4.78, 5) is 26.5. The van der Waals surface area contributed by atoms with Crippen LogP contribution in [0.1, 0.15) is 64.3 Å². The Bertz CT molecular complexity index is 935. The lowest BCUT2D eigenvalue weighted by Gasteiger charge is -2.34. The van der Waals surface area contributed by atoms with Crippen molar-refractivity contribution in [1.82, 2.24) is 9.97 Å². The van der Waals surface area contributed by atoms with E-state index in [9.17, 15) is 9.90 Å². The molecule has 2 aromatic heterocycles. The number of hydrogen-bond donors (Lipinski definition) is 1. The number of pyridine rings is 2. The van der Waals surface area contributed by atoms with Gasteiger partial charge in [-0.1, -0.05) is 33.8 Å². The van der Waals surface area contributed by atoms with Crippen LogP contribution in [-0.2, 0) is 10.2 Å². The highest BCUT2D eigenvalue weighted by molar-refractivity contribution is 5.95. The average molecular weight is 423 g/mol. The molecule has 1 atom stereocenters. The smallest absolute Gasteiger partial charge is 0.228 e. The van der Waals surface area contributed by atoms with Gasteiger partial charge in [-0.15, -0.1) is 0 Å². The quantitative estimate of drug-likeness (QED) is 0.792. The zero-order valence-electron chi connectivity index (χ0n) is 19.1. The number of aliphatic hydroxyl groups excluding tert-OH is 1. The molecule has 0 spiro atoms. The van der Waals surface area contributed by atoms with Crippen LogP contribution in [0.15, 0.2) is 36.5 Å². The first-order chi connectivity index (χ1) is 14.8. The van der Waals surface area contributed by atoms with Crippen molar-refractivity contribution in [2.45, 2.75) is 64.4 Å². The lowest BCUT2D eigenvalue weighted by Crippen LogP contribution is -2.36. The molecule has 4 heterocycles. The van der Waals surface area contributed by atoms with Gasteiger partial charge < -0.3 is 10.0 Å². The van der Waals surface area contributed by atoms with Crippen LogP contribution in [0, 0.1) is 5.92 Å². The Hall–Kier alpha value is -2.47. The minimum Gasteiger partial charge on any atom is -0.393 e. The molecule has 6 nitrogen and oxygen atoms in total. The highest BCUT2D eigenvalue weighted by Crippen LogP contribution is 2.39. The van der Waals surface area contributed by atoms with Crippen molar-refractivity contribution in [2.75, 3.05) is 29.4 Å². The van der Waals surface area contributed by atoms with E-state index in [-0.39, 0.29) is 23.3 Å². The predicted octanol–water partition coefficient (Wildman–Crippen LogP) is 3.89. The van der Waals surface area contributed by atoms with Crippen molar-refractivity contribution < 1.29 is 9.90 Å². The third-order valence-corrected chi connectivity index (χ3v) is 7.00. The molecule has 2 aliphatic heterocycles.